The van der Waals surface area contributed by atoms with Gasteiger partial charge < -0.3 is 10.6 Å². The number of amides is 2. The van der Waals surface area contributed by atoms with Crippen molar-refractivity contribution in [2.45, 2.75) is 19.3 Å². The molecule has 0 aromatic heterocycles. The largest absolute Gasteiger partial charge is 0.326 e. The number of carbonyl (C=O) groups excluding carboxylic acids is 2. The summed E-state index contributed by atoms with van der Waals surface area (Å²) < 4.78 is 0. The molecule has 2 N–H and O–H groups in total. The van der Waals surface area contributed by atoms with Crippen molar-refractivity contribution >= 4 is 23.2 Å². The Morgan fingerprint density at radius 2 is 1.86 bits per heavy atom. The van der Waals surface area contributed by atoms with E-state index < -0.39 is 5.92 Å². The Bertz CT molecular complexity index is 692. The molecular weight excluding hydrogens is 264 g/mol. The van der Waals surface area contributed by atoms with Gasteiger partial charge in [0.15, 0.2) is 0 Å². The number of carbonyl (C=O) groups is 2. The molecule has 0 fully saturated rings. The molecular formula is C17H16N2O2. The third kappa shape index (κ3) is 2.79. The fourth-order valence-corrected chi connectivity index (χ4v) is 2.51. The molecule has 0 saturated heterocycles. The highest BCUT2D eigenvalue weighted by Gasteiger charge is 2.30. The zero-order chi connectivity index (χ0) is 14.8. The molecule has 1 atom stereocenters. The fraction of sp³-hybridized carbons (Fsp3) is 0.176. The fourth-order valence-electron chi connectivity index (χ4n) is 2.51. The predicted octanol–water partition coefficient (Wildman–Crippen LogP) is 3.06. The minimum absolute atomic E-state index is 0.127. The number of benzene rings is 2. The van der Waals surface area contributed by atoms with E-state index in [1.165, 1.54) is 0 Å². The summed E-state index contributed by atoms with van der Waals surface area (Å²) in [4.78, 5) is 24.2. The van der Waals surface area contributed by atoms with Crippen LogP contribution >= 0.6 is 0 Å². The quantitative estimate of drug-likeness (QED) is 0.888. The summed E-state index contributed by atoms with van der Waals surface area (Å²) in [5, 5.41) is 5.68. The number of hydrogen-bond donors (Lipinski definition) is 2. The second-order valence-electron chi connectivity index (χ2n) is 5.25. The Balaban J connectivity index is 1.84. The molecule has 0 spiro atoms. The first-order chi connectivity index (χ1) is 10.1. The average molecular weight is 280 g/mol. The summed E-state index contributed by atoms with van der Waals surface area (Å²) in [5.74, 6) is -0.727. The maximum absolute atomic E-state index is 12.5. The molecule has 1 aliphatic heterocycles. The van der Waals surface area contributed by atoms with Gasteiger partial charge in [0.05, 0.1) is 5.92 Å². The van der Waals surface area contributed by atoms with Crippen LogP contribution in [0, 0.1) is 6.92 Å². The topological polar surface area (TPSA) is 58.2 Å². The van der Waals surface area contributed by atoms with Crippen LogP contribution in [0.15, 0.2) is 48.5 Å². The van der Waals surface area contributed by atoms with Crippen molar-refractivity contribution in [3.8, 4) is 0 Å². The molecule has 2 aromatic carbocycles. The number of fused-ring (bicyclic) bond motifs is 1. The van der Waals surface area contributed by atoms with Crippen molar-refractivity contribution in [3.05, 3.63) is 59.7 Å². The van der Waals surface area contributed by atoms with E-state index >= 15 is 0 Å². The molecule has 21 heavy (non-hydrogen) atoms. The summed E-state index contributed by atoms with van der Waals surface area (Å²) in [6.45, 7) is 1.99. The molecule has 0 saturated carbocycles. The lowest BCUT2D eigenvalue weighted by Crippen LogP contribution is -2.30. The number of hydrogen-bond acceptors (Lipinski definition) is 2. The predicted molar refractivity (Wildman–Crippen MR) is 82.2 cm³/mol. The lowest BCUT2D eigenvalue weighted by atomic mass is 9.90. The normalized spacial score (nSPS) is 16.8. The molecule has 106 valence electrons. The maximum atomic E-state index is 12.5. The lowest BCUT2D eigenvalue weighted by molar-refractivity contribution is -0.123. The molecule has 3 rings (SSSR count). The Kier molecular flexibility index (Phi) is 3.44. The van der Waals surface area contributed by atoms with E-state index in [-0.39, 0.29) is 18.2 Å². The van der Waals surface area contributed by atoms with E-state index in [0.29, 0.717) is 0 Å². The SMILES string of the molecule is Cc1ccc(NC(=O)C2CC(=O)Nc3ccccc32)cc1. The third-order valence-electron chi connectivity index (χ3n) is 3.64. The number of aryl methyl sites for hydroxylation is 1. The van der Waals surface area contributed by atoms with Crippen LogP contribution in [-0.2, 0) is 9.59 Å². The highest BCUT2D eigenvalue weighted by molar-refractivity contribution is 6.05. The first-order valence-corrected chi connectivity index (χ1v) is 6.90. The van der Waals surface area contributed by atoms with Crippen molar-refractivity contribution in [2.24, 2.45) is 0 Å². The van der Waals surface area contributed by atoms with Crippen LogP contribution < -0.4 is 10.6 Å². The standard InChI is InChI=1S/C17H16N2O2/c1-11-6-8-12(9-7-11)18-17(21)14-10-16(20)19-15-5-3-2-4-13(14)15/h2-9,14H,10H2,1H3,(H,18,21)(H,19,20). The number of para-hydroxylation sites is 1. The van der Waals surface area contributed by atoms with Gasteiger partial charge in [-0.25, -0.2) is 0 Å². The van der Waals surface area contributed by atoms with Crippen LogP contribution in [-0.4, -0.2) is 11.8 Å². The second-order valence-corrected chi connectivity index (χ2v) is 5.25. The summed E-state index contributed by atoms with van der Waals surface area (Å²) in [7, 11) is 0. The van der Waals surface area contributed by atoms with Crippen LogP contribution in [0.25, 0.3) is 0 Å². The van der Waals surface area contributed by atoms with Gasteiger partial charge in [-0.15, -0.1) is 0 Å². The van der Waals surface area contributed by atoms with Crippen LogP contribution in [0.1, 0.15) is 23.5 Å². The zero-order valence-corrected chi connectivity index (χ0v) is 11.7. The molecule has 4 nitrogen and oxygen atoms in total. The maximum Gasteiger partial charge on any atom is 0.232 e. The van der Waals surface area contributed by atoms with E-state index in [4.69, 9.17) is 0 Å². The van der Waals surface area contributed by atoms with Crippen molar-refractivity contribution in [2.75, 3.05) is 10.6 Å². The Labute approximate surface area is 123 Å². The second kappa shape index (κ2) is 5.40. The minimum Gasteiger partial charge on any atom is -0.326 e. The number of rotatable bonds is 2. The molecule has 0 aliphatic carbocycles. The summed E-state index contributed by atoms with van der Waals surface area (Å²) in [6, 6.07) is 15.0. The number of nitrogens with one attached hydrogen (secondary N) is 2. The smallest absolute Gasteiger partial charge is 0.232 e. The highest BCUT2D eigenvalue weighted by atomic mass is 16.2. The van der Waals surface area contributed by atoms with Crippen molar-refractivity contribution < 1.29 is 9.59 Å². The molecule has 1 unspecified atom stereocenters. The van der Waals surface area contributed by atoms with E-state index in [0.717, 1.165) is 22.5 Å². The molecule has 2 aromatic rings. The van der Waals surface area contributed by atoms with Crippen molar-refractivity contribution in [1.82, 2.24) is 0 Å². The first kappa shape index (κ1) is 13.4. The van der Waals surface area contributed by atoms with Gasteiger partial charge in [0.25, 0.3) is 0 Å². The molecule has 1 heterocycles. The third-order valence-corrected chi connectivity index (χ3v) is 3.64. The van der Waals surface area contributed by atoms with Crippen molar-refractivity contribution in [1.29, 1.82) is 0 Å². The number of anilines is 2. The molecule has 2 amide bonds. The van der Waals surface area contributed by atoms with Gasteiger partial charge in [0.1, 0.15) is 0 Å². The van der Waals surface area contributed by atoms with Gasteiger partial charge in [0, 0.05) is 17.8 Å². The van der Waals surface area contributed by atoms with Gasteiger partial charge in [0.2, 0.25) is 11.8 Å². The van der Waals surface area contributed by atoms with E-state index in [9.17, 15) is 9.59 Å². The van der Waals surface area contributed by atoms with Gasteiger partial charge in [-0.1, -0.05) is 35.9 Å². The van der Waals surface area contributed by atoms with Crippen LogP contribution in [0.5, 0.6) is 0 Å². The Hall–Kier alpha value is -2.62. The monoisotopic (exact) mass is 280 g/mol. The van der Waals surface area contributed by atoms with Crippen LogP contribution in [0.3, 0.4) is 0 Å². The van der Waals surface area contributed by atoms with Gasteiger partial charge in [-0.3, -0.25) is 9.59 Å². The Morgan fingerprint density at radius 3 is 2.62 bits per heavy atom. The van der Waals surface area contributed by atoms with Gasteiger partial charge >= 0.3 is 0 Å². The molecule has 1 aliphatic rings. The van der Waals surface area contributed by atoms with Crippen LogP contribution in [0.2, 0.25) is 0 Å². The first-order valence-electron chi connectivity index (χ1n) is 6.90. The highest BCUT2D eigenvalue weighted by Crippen LogP contribution is 2.32. The molecule has 0 bridgehead atoms. The Morgan fingerprint density at radius 1 is 1.14 bits per heavy atom. The van der Waals surface area contributed by atoms with Crippen molar-refractivity contribution in [3.63, 3.8) is 0 Å². The van der Waals surface area contributed by atoms with Gasteiger partial charge in [-0.05, 0) is 30.7 Å². The van der Waals surface area contributed by atoms with E-state index in [1.807, 2.05) is 55.5 Å². The lowest BCUT2D eigenvalue weighted by Gasteiger charge is -2.24. The summed E-state index contributed by atoms with van der Waals surface area (Å²) in [6.07, 6.45) is 0.175. The van der Waals surface area contributed by atoms with E-state index in [2.05, 4.69) is 10.6 Å². The molecule has 4 heteroatoms. The average Bonchev–Trinajstić information content (AvgIpc) is 2.48. The van der Waals surface area contributed by atoms with E-state index in [1.54, 1.807) is 0 Å². The van der Waals surface area contributed by atoms with Gasteiger partial charge in [-0.2, -0.15) is 0 Å². The summed E-state index contributed by atoms with van der Waals surface area (Å²) in [5.41, 5.74) is 3.46. The van der Waals surface area contributed by atoms with Crippen LogP contribution in [0.4, 0.5) is 11.4 Å². The molecule has 0 radical (unpaired) electrons. The minimum atomic E-state index is -0.448. The zero-order valence-electron chi connectivity index (χ0n) is 11.7. The summed E-state index contributed by atoms with van der Waals surface area (Å²) >= 11 is 0.